The van der Waals surface area contributed by atoms with Gasteiger partial charge in [-0.2, -0.15) is 0 Å². The molecule has 0 aliphatic carbocycles. The van der Waals surface area contributed by atoms with E-state index >= 15 is 0 Å². The first-order valence-electron chi connectivity index (χ1n) is 11.3. The fraction of sp³-hybridized carbons (Fsp3) is 0.480. The highest BCUT2D eigenvalue weighted by molar-refractivity contribution is 5.78. The molecule has 2 aromatic heterocycles. The second-order valence-electron chi connectivity index (χ2n) is 9.49. The molecular formula is C25H34FN5O3. The predicted molar refractivity (Wildman–Crippen MR) is 128 cm³/mol. The van der Waals surface area contributed by atoms with Gasteiger partial charge in [-0.1, -0.05) is 56.3 Å². The van der Waals surface area contributed by atoms with Crippen molar-refractivity contribution in [3.63, 3.8) is 0 Å². The molecule has 2 atom stereocenters. The number of ether oxygens (including phenoxy) is 1. The minimum absolute atomic E-state index is 0.156. The fourth-order valence-electron chi connectivity index (χ4n) is 4.03. The topological polar surface area (TPSA) is 99.4 Å². The van der Waals surface area contributed by atoms with Gasteiger partial charge in [0.1, 0.15) is 30.1 Å². The molecule has 0 fully saturated rings. The summed E-state index contributed by atoms with van der Waals surface area (Å²) in [7, 11) is 1.44. The highest BCUT2D eigenvalue weighted by atomic mass is 19.1. The lowest BCUT2D eigenvalue weighted by atomic mass is 9.84. The van der Waals surface area contributed by atoms with Gasteiger partial charge in [0, 0.05) is 31.5 Å². The molecule has 0 bridgehead atoms. The van der Waals surface area contributed by atoms with Crippen LogP contribution in [0.15, 0.2) is 47.1 Å². The lowest BCUT2D eigenvalue weighted by Gasteiger charge is -2.40. The summed E-state index contributed by atoms with van der Waals surface area (Å²) in [6.07, 6.45) is 0.559. The van der Waals surface area contributed by atoms with E-state index in [1.165, 1.54) is 12.0 Å². The summed E-state index contributed by atoms with van der Waals surface area (Å²) in [5, 5.41) is 4.13. The van der Waals surface area contributed by atoms with Crippen molar-refractivity contribution in [2.24, 2.45) is 11.1 Å². The molecule has 3 aromatic rings. The molecule has 0 spiro atoms. The van der Waals surface area contributed by atoms with Crippen LogP contribution < -0.4 is 5.73 Å². The van der Waals surface area contributed by atoms with Crippen LogP contribution in [0.1, 0.15) is 44.1 Å². The number of hydrogen-bond acceptors (Lipinski definition) is 6. The van der Waals surface area contributed by atoms with Gasteiger partial charge in [-0.25, -0.2) is 9.37 Å². The normalized spacial score (nSPS) is 13.6. The maximum absolute atomic E-state index is 14.6. The van der Waals surface area contributed by atoms with Gasteiger partial charge < -0.3 is 24.5 Å². The van der Waals surface area contributed by atoms with Crippen LogP contribution in [0, 0.1) is 12.3 Å². The Morgan fingerprint density at radius 3 is 2.56 bits per heavy atom. The van der Waals surface area contributed by atoms with Crippen molar-refractivity contribution >= 4 is 5.91 Å². The van der Waals surface area contributed by atoms with Gasteiger partial charge >= 0.3 is 0 Å². The van der Waals surface area contributed by atoms with Crippen LogP contribution in [0.2, 0.25) is 0 Å². The standard InChI is InChI=1S/C25H34FN5O3/c1-17-11-20(29-34-17)14-30-15-21(18-9-7-6-8-10-18)28-24(30)23(25(2,3)4)31(13-19(26)12-27)22(32)16-33-5/h6-11,15,19,23H,12-14,16,27H2,1-5H3/t19-,23+/m1/s1. The van der Waals surface area contributed by atoms with Gasteiger partial charge in [0.15, 0.2) is 0 Å². The Bertz CT molecular complexity index is 1070. The summed E-state index contributed by atoms with van der Waals surface area (Å²) in [5.41, 5.74) is 7.51. The molecule has 0 aliphatic rings. The lowest BCUT2D eigenvalue weighted by molar-refractivity contribution is -0.141. The fourth-order valence-corrected chi connectivity index (χ4v) is 4.03. The van der Waals surface area contributed by atoms with Crippen molar-refractivity contribution in [2.45, 2.75) is 46.5 Å². The molecule has 9 heteroatoms. The zero-order valence-corrected chi connectivity index (χ0v) is 20.5. The zero-order valence-electron chi connectivity index (χ0n) is 20.5. The van der Waals surface area contributed by atoms with Crippen LogP contribution in [0.4, 0.5) is 4.39 Å². The largest absolute Gasteiger partial charge is 0.375 e. The minimum Gasteiger partial charge on any atom is -0.375 e. The first-order chi connectivity index (χ1) is 16.1. The number of imidazole rings is 1. The van der Waals surface area contributed by atoms with E-state index in [0.29, 0.717) is 18.1 Å². The third-order valence-corrected chi connectivity index (χ3v) is 5.50. The van der Waals surface area contributed by atoms with Gasteiger partial charge in [0.25, 0.3) is 0 Å². The summed E-state index contributed by atoms with van der Waals surface area (Å²) < 4.78 is 26.9. The number of hydrogen-bond donors (Lipinski definition) is 1. The molecule has 8 nitrogen and oxygen atoms in total. The van der Waals surface area contributed by atoms with Crippen LogP contribution >= 0.6 is 0 Å². The molecular weight excluding hydrogens is 437 g/mol. The smallest absolute Gasteiger partial charge is 0.249 e. The maximum atomic E-state index is 14.6. The number of aryl methyl sites for hydroxylation is 1. The molecule has 0 unspecified atom stereocenters. The number of carbonyl (C=O) groups excluding carboxylic acids is 1. The summed E-state index contributed by atoms with van der Waals surface area (Å²) in [4.78, 5) is 19.6. The third kappa shape index (κ3) is 6.09. The van der Waals surface area contributed by atoms with Gasteiger partial charge in [-0.15, -0.1) is 0 Å². The Kier molecular flexibility index (Phi) is 8.22. The van der Waals surface area contributed by atoms with Gasteiger partial charge in [-0.3, -0.25) is 4.79 Å². The molecule has 0 aliphatic heterocycles. The van der Waals surface area contributed by atoms with E-state index in [1.807, 2.05) is 74.9 Å². The van der Waals surface area contributed by atoms with Crippen LogP contribution in [0.5, 0.6) is 0 Å². The van der Waals surface area contributed by atoms with Gasteiger partial charge in [0.05, 0.1) is 24.8 Å². The van der Waals surface area contributed by atoms with Crippen molar-refractivity contribution in [3.8, 4) is 11.3 Å². The highest BCUT2D eigenvalue weighted by Crippen LogP contribution is 2.39. The Labute approximate surface area is 199 Å². The molecule has 3 rings (SSSR count). The Morgan fingerprint density at radius 1 is 1.29 bits per heavy atom. The zero-order chi connectivity index (χ0) is 24.9. The average molecular weight is 472 g/mol. The SMILES string of the molecule is COCC(=O)N(C[C@H](F)CN)[C@@H](c1nc(-c2ccccc2)cn1Cc1cc(C)on1)C(C)(C)C. The second kappa shape index (κ2) is 10.9. The monoisotopic (exact) mass is 471 g/mol. The molecule has 1 amide bonds. The summed E-state index contributed by atoms with van der Waals surface area (Å²) >= 11 is 0. The van der Waals surface area contributed by atoms with E-state index in [-0.39, 0.29) is 25.6 Å². The second-order valence-corrected chi connectivity index (χ2v) is 9.49. The summed E-state index contributed by atoms with van der Waals surface area (Å²) in [6, 6.07) is 11.1. The molecule has 184 valence electrons. The number of carbonyl (C=O) groups is 1. The van der Waals surface area contributed by atoms with Crippen LogP contribution in [-0.2, 0) is 16.1 Å². The Hall–Kier alpha value is -3.04. The number of aromatic nitrogens is 3. The van der Waals surface area contributed by atoms with Crippen LogP contribution in [0.3, 0.4) is 0 Å². The van der Waals surface area contributed by atoms with Crippen molar-refractivity contribution in [1.82, 2.24) is 19.6 Å². The first-order valence-corrected chi connectivity index (χ1v) is 11.3. The number of nitrogens with zero attached hydrogens (tertiary/aromatic N) is 4. The van der Waals surface area contributed by atoms with Gasteiger partial charge in [0.2, 0.25) is 5.91 Å². The Morgan fingerprint density at radius 2 is 2.00 bits per heavy atom. The number of benzene rings is 1. The molecule has 2 heterocycles. The number of methoxy groups -OCH3 is 1. The third-order valence-electron chi connectivity index (χ3n) is 5.50. The number of amides is 1. The van der Waals surface area contributed by atoms with E-state index in [1.54, 1.807) is 0 Å². The molecule has 2 N–H and O–H groups in total. The van der Waals surface area contributed by atoms with E-state index in [2.05, 4.69) is 5.16 Å². The predicted octanol–water partition coefficient (Wildman–Crippen LogP) is 3.75. The molecule has 0 radical (unpaired) electrons. The first kappa shape index (κ1) is 25.6. The molecule has 34 heavy (non-hydrogen) atoms. The minimum atomic E-state index is -1.37. The van der Waals surface area contributed by atoms with Crippen LogP contribution in [0.25, 0.3) is 11.3 Å². The van der Waals surface area contributed by atoms with E-state index in [4.69, 9.17) is 20.0 Å². The average Bonchev–Trinajstić information content (AvgIpc) is 3.39. The number of halogens is 1. The molecule has 1 aromatic carbocycles. The number of rotatable bonds is 10. The van der Waals surface area contributed by atoms with Crippen LogP contribution in [-0.4, -0.2) is 58.5 Å². The van der Waals surface area contributed by atoms with Crippen molar-refractivity contribution in [3.05, 3.63) is 59.9 Å². The quantitative estimate of drug-likeness (QED) is 0.483. The van der Waals surface area contributed by atoms with Gasteiger partial charge in [-0.05, 0) is 12.3 Å². The summed E-state index contributed by atoms with van der Waals surface area (Å²) in [5.74, 6) is 1.000. The Balaban J connectivity index is 2.16. The lowest BCUT2D eigenvalue weighted by Crippen LogP contribution is -2.47. The summed E-state index contributed by atoms with van der Waals surface area (Å²) in [6.45, 7) is 7.72. The van der Waals surface area contributed by atoms with E-state index < -0.39 is 17.6 Å². The highest BCUT2D eigenvalue weighted by Gasteiger charge is 2.39. The maximum Gasteiger partial charge on any atom is 0.249 e. The van der Waals surface area contributed by atoms with E-state index in [9.17, 15) is 9.18 Å². The van der Waals surface area contributed by atoms with Crippen molar-refractivity contribution in [2.75, 3.05) is 26.8 Å². The van der Waals surface area contributed by atoms with Crippen molar-refractivity contribution in [1.29, 1.82) is 0 Å². The number of nitrogens with two attached hydrogens (primary N) is 1. The molecule has 0 saturated heterocycles. The van der Waals surface area contributed by atoms with E-state index in [0.717, 1.165) is 17.0 Å². The van der Waals surface area contributed by atoms with Crippen molar-refractivity contribution < 1.29 is 18.4 Å². The molecule has 0 saturated carbocycles. The number of alkyl halides is 1.